The predicted octanol–water partition coefficient (Wildman–Crippen LogP) is 1.14. The van der Waals surface area contributed by atoms with Crippen LogP contribution in [0.2, 0.25) is 0 Å². The van der Waals surface area contributed by atoms with Gasteiger partial charge in [0.25, 0.3) is 0 Å². The van der Waals surface area contributed by atoms with E-state index in [-0.39, 0.29) is 0 Å². The van der Waals surface area contributed by atoms with Crippen LogP contribution in [0, 0.1) is 0 Å². The molecule has 0 aromatic carbocycles. The lowest BCUT2D eigenvalue weighted by Gasteiger charge is -1.88. The summed E-state index contributed by atoms with van der Waals surface area (Å²) in [7, 11) is 0. The Morgan fingerprint density at radius 2 is 1.45 bits per heavy atom. The Morgan fingerprint density at radius 3 is 1.55 bits per heavy atom. The van der Waals surface area contributed by atoms with E-state index in [0.29, 0.717) is 6.54 Å². The second kappa shape index (κ2) is 16.4. The minimum atomic E-state index is 0.694. The second-order valence-electron chi connectivity index (χ2n) is 2.17. The summed E-state index contributed by atoms with van der Waals surface area (Å²) in [4.78, 5) is 0. The molecule has 0 unspecified atom stereocenters. The summed E-state index contributed by atoms with van der Waals surface area (Å²) in [5, 5.41) is 15.8. The van der Waals surface area contributed by atoms with Gasteiger partial charge in [-0.15, -0.1) is 0 Å². The molecule has 4 N–H and O–H groups in total. The van der Waals surface area contributed by atoms with Crippen molar-refractivity contribution in [2.24, 2.45) is 0 Å². The molecular formula is C7H20N2O2. The number of rotatable bonds is 5. The lowest BCUT2D eigenvalue weighted by Crippen LogP contribution is -2.07. The van der Waals surface area contributed by atoms with E-state index in [9.17, 15) is 0 Å². The molecule has 0 saturated carbocycles. The predicted molar refractivity (Wildman–Crippen MR) is 44.8 cm³/mol. The molecule has 0 amide bonds. The SMILES string of the molecule is CCCCNO.CCCNO. The Bertz CT molecular complexity index is 47.7. The zero-order valence-electron chi connectivity index (χ0n) is 7.43. The molecular weight excluding hydrogens is 144 g/mol. The normalized spacial score (nSPS) is 8.73. The van der Waals surface area contributed by atoms with Crippen LogP contribution >= 0.6 is 0 Å². The summed E-state index contributed by atoms with van der Waals surface area (Å²) in [5.74, 6) is 0. The largest absolute Gasteiger partial charge is 0.317 e. The summed E-state index contributed by atoms with van der Waals surface area (Å²) in [6.45, 7) is 5.48. The van der Waals surface area contributed by atoms with Gasteiger partial charge in [0, 0.05) is 13.1 Å². The molecule has 0 bridgehead atoms. The van der Waals surface area contributed by atoms with Gasteiger partial charge in [0.05, 0.1) is 0 Å². The van der Waals surface area contributed by atoms with Gasteiger partial charge in [-0.1, -0.05) is 20.3 Å². The number of hydroxylamine groups is 2. The molecule has 0 spiro atoms. The minimum absolute atomic E-state index is 0.694. The number of hydrogen-bond acceptors (Lipinski definition) is 4. The quantitative estimate of drug-likeness (QED) is 0.363. The molecule has 0 heterocycles. The third-order valence-electron chi connectivity index (χ3n) is 1.00. The minimum Gasteiger partial charge on any atom is -0.317 e. The van der Waals surface area contributed by atoms with E-state index in [0.717, 1.165) is 25.8 Å². The molecule has 0 radical (unpaired) electrons. The first-order valence-electron chi connectivity index (χ1n) is 4.07. The number of nitrogens with one attached hydrogen (secondary N) is 2. The zero-order chi connectivity index (χ0) is 8.95. The lowest BCUT2D eigenvalue weighted by atomic mass is 10.3. The van der Waals surface area contributed by atoms with Crippen molar-refractivity contribution in [2.75, 3.05) is 13.1 Å². The molecule has 0 aromatic heterocycles. The van der Waals surface area contributed by atoms with Crippen LogP contribution in [-0.2, 0) is 0 Å². The van der Waals surface area contributed by atoms with Crippen molar-refractivity contribution < 1.29 is 10.4 Å². The molecule has 0 aliphatic heterocycles. The Labute approximate surface area is 68.5 Å². The molecule has 0 aromatic rings. The first-order chi connectivity index (χ1) is 5.33. The van der Waals surface area contributed by atoms with Gasteiger partial charge in [-0.2, -0.15) is 0 Å². The molecule has 4 heteroatoms. The van der Waals surface area contributed by atoms with Crippen LogP contribution in [-0.4, -0.2) is 23.5 Å². The summed E-state index contributed by atoms with van der Waals surface area (Å²) < 4.78 is 0. The van der Waals surface area contributed by atoms with Crippen molar-refractivity contribution in [1.82, 2.24) is 11.0 Å². The van der Waals surface area contributed by atoms with Gasteiger partial charge >= 0.3 is 0 Å². The maximum atomic E-state index is 7.95. The van der Waals surface area contributed by atoms with E-state index >= 15 is 0 Å². The third-order valence-corrected chi connectivity index (χ3v) is 1.00. The highest BCUT2D eigenvalue weighted by atomic mass is 16.5. The van der Waals surface area contributed by atoms with Crippen LogP contribution in [0.1, 0.15) is 33.1 Å². The van der Waals surface area contributed by atoms with Crippen LogP contribution in [0.3, 0.4) is 0 Å². The van der Waals surface area contributed by atoms with Crippen molar-refractivity contribution in [3.8, 4) is 0 Å². The first kappa shape index (κ1) is 13.4. The van der Waals surface area contributed by atoms with Crippen molar-refractivity contribution in [2.45, 2.75) is 33.1 Å². The molecule has 0 fully saturated rings. The molecule has 0 aliphatic carbocycles. The monoisotopic (exact) mass is 164 g/mol. The number of unbranched alkanes of at least 4 members (excludes halogenated alkanes) is 1. The highest BCUT2D eigenvalue weighted by Crippen LogP contribution is 1.79. The molecule has 4 nitrogen and oxygen atoms in total. The summed E-state index contributed by atoms with van der Waals surface area (Å²) in [6, 6.07) is 0. The summed E-state index contributed by atoms with van der Waals surface area (Å²) in [5.41, 5.74) is 4.09. The average molecular weight is 164 g/mol. The van der Waals surface area contributed by atoms with E-state index in [2.05, 4.69) is 12.4 Å². The maximum absolute atomic E-state index is 7.95. The summed E-state index contributed by atoms with van der Waals surface area (Å²) in [6.07, 6.45) is 3.17. The second-order valence-corrected chi connectivity index (χ2v) is 2.17. The molecule has 0 atom stereocenters. The molecule has 11 heavy (non-hydrogen) atoms. The van der Waals surface area contributed by atoms with Crippen LogP contribution in [0.25, 0.3) is 0 Å². The lowest BCUT2D eigenvalue weighted by molar-refractivity contribution is 0.165. The first-order valence-corrected chi connectivity index (χ1v) is 4.07. The number of hydrogen-bond donors (Lipinski definition) is 4. The highest BCUT2D eigenvalue weighted by molar-refractivity contribution is 4.30. The molecule has 0 rings (SSSR count). The topological polar surface area (TPSA) is 64.5 Å². The van der Waals surface area contributed by atoms with E-state index in [4.69, 9.17) is 10.4 Å². The molecule has 0 saturated heterocycles. The van der Waals surface area contributed by atoms with Crippen LogP contribution in [0.5, 0.6) is 0 Å². The van der Waals surface area contributed by atoms with Crippen LogP contribution < -0.4 is 11.0 Å². The highest BCUT2D eigenvalue weighted by Gasteiger charge is 1.74. The van der Waals surface area contributed by atoms with E-state index in [1.807, 2.05) is 12.4 Å². The fraction of sp³-hybridized carbons (Fsp3) is 1.00. The van der Waals surface area contributed by atoms with Gasteiger partial charge in [-0.25, -0.2) is 11.0 Å². The van der Waals surface area contributed by atoms with Crippen molar-refractivity contribution in [3.05, 3.63) is 0 Å². The Morgan fingerprint density at radius 1 is 0.909 bits per heavy atom. The zero-order valence-corrected chi connectivity index (χ0v) is 7.43. The van der Waals surface area contributed by atoms with Gasteiger partial charge in [-0.05, 0) is 12.8 Å². The third kappa shape index (κ3) is 25.8. The van der Waals surface area contributed by atoms with Crippen LogP contribution in [0.15, 0.2) is 0 Å². The fourth-order valence-electron chi connectivity index (χ4n) is 0.368. The van der Waals surface area contributed by atoms with Gasteiger partial charge < -0.3 is 10.4 Å². The van der Waals surface area contributed by atoms with Gasteiger partial charge in [0.15, 0.2) is 0 Å². The Balaban J connectivity index is 0. The van der Waals surface area contributed by atoms with Crippen molar-refractivity contribution in [3.63, 3.8) is 0 Å². The standard InChI is InChI=1S/C4H11NO.C3H9NO/c1-2-3-4-5-6;1-2-3-4-5/h5-6H,2-4H2,1H3;4-5H,2-3H2,1H3. The Kier molecular flexibility index (Phi) is 20.1. The maximum Gasteiger partial charge on any atom is 0.0207 e. The van der Waals surface area contributed by atoms with Gasteiger partial charge in [0.2, 0.25) is 0 Å². The smallest absolute Gasteiger partial charge is 0.0207 e. The van der Waals surface area contributed by atoms with Crippen LogP contribution in [0.4, 0.5) is 0 Å². The van der Waals surface area contributed by atoms with E-state index < -0.39 is 0 Å². The molecule has 0 aliphatic rings. The molecule has 70 valence electrons. The Hall–Kier alpha value is -0.160. The van der Waals surface area contributed by atoms with Crippen molar-refractivity contribution >= 4 is 0 Å². The van der Waals surface area contributed by atoms with E-state index in [1.54, 1.807) is 0 Å². The van der Waals surface area contributed by atoms with E-state index in [1.165, 1.54) is 0 Å². The average Bonchev–Trinajstić information content (AvgIpc) is 2.04. The van der Waals surface area contributed by atoms with Crippen molar-refractivity contribution in [1.29, 1.82) is 0 Å². The fourth-order valence-corrected chi connectivity index (χ4v) is 0.368. The van der Waals surface area contributed by atoms with Gasteiger partial charge in [0.1, 0.15) is 0 Å². The van der Waals surface area contributed by atoms with Gasteiger partial charge in [-0.3, -0.25) is 0 Å². The summed E-state index contributed by atoms with van der Waals surface area (Å²) >= 11 is 0.